The third kappa shape index (κ3) is 2.15. The van der Waals surface area contributed by atoms with Crippen LogP contribution in [0.4, 0.5) is 0 Å². The van der Waals surface area contributed by atoms with Crippen molar-refractivity contribution in [2.24, 2.45) is 0 Å². The summed E-state index contributed by atoms with van der Waals surface area (Å²) in [6.07, 6.45) is -0.0611. The van der Waals surface area contributed by atoms with Crippen molar-refractivity contribution >= 4 is 22.9 Å². The van der Waals surface area contributed by atoms with E-state index in [2.05, 4.69) is 4.98 Å². The molecule has 2 heterocycles. The van der Waals surface area contributed by atoms with Crippen molar-refractivity contribution in [1.82, 2.24) is 9.55 Å². The molecule has 1 aliphatic rings. The minimum atomic E-state index is -1.08. The van der Waals surface area contributed by atoms with Crippen LogP contribution >= 0.6 is 0 Å². The molecule has 1 aliphatic heterocycles. The van der Waals surface area contributed by atoms with Gasteiger partial charge in [-0.3, -0.25) is 14.2 Å². The molecular weight excluding hydrogens is 332 g/mol. The lowest BCUT2D eigenvalue weighted by atomic mass is 9.74. The maximum absolute atomic E-state index is 13.5. The van der Waals surface area contributed by atoms with Crippen LogP contribution in [0.5, 0.6) is 5.75 Å². The molecule has 0 radical (unpaired) electrons. The van der Waals surface area contributed by atoms with Gasteiger partial charge in [0.2, 0.25) is 5.91 Å². The van der Waals surface area contributed by atoms with Crippen LogP contribution in [-0.2, 0) is 14.9 Å². The number of carbonyl (C=O) groups excluding carboxylic acids is 2. The van der Waals surface area contributed by atoms with Crippen molar-refractivity contribution in [3.05, 3.63) is 48.0 Å². The zero-order valence-electron chi connectivity index (χ0n) is 14.8. The number of hydrogen-bond donors (Lipinski definition) is 0. The molecule has 2 aromatic carbocycles. The van der Waals surface area contributed by atoms with E-state index in [4.69, 9.17) is 9.47 Å². The summed E-state index contributed by atoms with van der Waals surface area (Å²) in [6, 6.07) is 13.0. The molecule has 0 amide bonds. The molecule has 0 spiro atoms. The molecule has 26 heavy (non-hydrogen) atoms. The van der Waals surface area contributed by atoms with Crippen LogP contribution in [0.25, 0.3) is 22.4 Å². The maximum Gasteiger partial charge on any atom is 0.306 e. The number of hydrogen-bond acceptors (Lipinski definition) is 5. The van der Waals surface area contributed by atoms with Gasteiger partial charge >= 0.3 is 5.97 Å². The van der Waals surface area contributed by atoms with Crippen molar-refractivity contribution in [3.8, 4) is 17.1 Å². The fourth-order valence-electron chi connectivity index (χ4n) is 3.61. The fraction of sp³-hybridized carbons (Fsp3) is 0.250. The second kappa shape index (κ2) is 5.69. The highest BCUT2D eigenvalue weighted by molar-refractivity contribution is 6.05. The maximum atomic E-state index is 13.5. The predicted molar refractivity (Wildman–Crippen MR) is 96.3 cm³/mol. The zero-order valence-corrected chi connectivity index (χ0v) is 14.8. The minimum absolute atomic E-state index is 0.0611. The number of benzene rings is 2. The van der Waals surface area contributed by atoms with Gasteiger partial charge in [0.1, 0.15) is 11.6 Å². The molecule has 0 N–H and O–H groups in total. The first-order chi connectivity index (χ1) is 12.5. The Labute approximate surface area is 150 Å². The predicted octanol–water partition coefficient (Wildman–Crippen LogP) is 3.19. The number of fused-ring (bicyclic) bond motifs is 5. The lowest BCUT2D eigenvalue weighted by molar-refractivity contribution is -0.141. The molecule has 1 unspecified atom stereocenters. The Balaban J connectivity index is 2.05. The lowest BCUT2D eigenvalue weighted by Crippen LogP contribution is -2.42. The van der Waals surface area contributed by atoms with Gasteiger partial charge in [-0.05, 0) is 42.8 Å². The van der Waals surface area contributed by atoms with Gasteiger partial charge in [0.25, 0.3) is 0 Å². The third-order valence-electron chi connectivity index (χ3n) is 5.02. The van der Waals surface area contributed by atoms with Gasteiger partial charge in [-0.15, -0.1) is 0 Å². The Hall–Kier alpha value is -3.15. The minimum Gasteiger partial charge on any atom is -0.497 e. The van der Waals surface area contributed by atoms with Crippen molar-refractivity contribution in [2.75, 3.05) is 14.2 Å². The van der Waals surface area contributed by atoms with Crippen LogP contribution in [0.3, 0.4) is 0 Å². The number of esters is 1. The van der Waals surface area contributed by atoms with Crippen molar-refractivity contribution in [3.63, 3.8) is 0 Å². The molecule has 3 aromatic rings. The Kier molecular flexibility index (Phi) is 3.57. The van der Waals surface area contributed by atoms with Crippen molar-refractivity contribution in [2.45, 2.75) is 18.8 Å². The molecule has 132 valence electrons. The second-order valence-corrected chi connectivity index (χ2v) is 6.56. The molecule has 4 rings (SSSR count). The van der Waals surface area contributed by atoms with Crippen LogP contribution in [0.15, 0.2) is 42.5 Å². The average molecular weight is 350 g/mol. The molecule has 0 bridgehead atoms. The number of carbonyl (C=O) groups is 2. The highest BCUT2D eigenvalue weighted by Gasteiger charge is 2.46. The topological polar surface area (TPSA) is 70.4 Å². The summed E-state index contributed by atoms with van der Waals surface area (Å²) >= 11 is 0. The summed E-state index contributed by atoms with van der Waals surface area (Å²) in [5.74, 6) is 0.559. The first-order valence-corrected chi connectivity index (χ1v) is 8.27. The summed E-state index contributed by atoms with van der Waals surface area (Å²) in [4.78, 5) is 30.2. The first-order valence-electron chi connectivity index (χ1n) is 8.27. The van der Waals surface area contributed by atoms with Crippen LogP contribution in [0.2, 0.25) is 0 Å². The summed E-state index contributed by atoms with van der Waals surface area (Å²) in [7, 11) is 2.89. The molecule has 0 saturated heterocycles. The van der Waals surface area contributed by atoms with E-state index in [0.29, 0.717) is 11.6 Å². The van der Waals surface area contributed by atoms with Crippen LogP contribution in [-0.4, -0.2) is 35.6 Å². The fourth-order valence-corrected chi connectivity index (χ4v) is 3.61. The summed E-state index contributed by atoms with van der Waals surface area (Å²) in [5.41, 5.74) is 1.92. The van der Waals surface area contributed by atoms with E-state index in [1.165, 1.54) is 7.11 Å². The molecular formula is C20H18N2O4. The van der Waals surface area contributed by atoms with E-state index in [1.807, 2.05) is 36.4 Å². The van der Waals surface area contributed by atoms with E-state index in [0.717, 1.165) is 22.2 Å². The number of methoxy groups -OCH3 is 2. The summed E-state index contributed by atoms with van der Waals surface area (Å²) in [6.45, 7) is 1.77. The summed E-state index contributed by atoms with van der Waals surface area (Å²) < 4.78 is 11.8. The monoisotopic (exact) mass is 350 g/mol. The first kappa shape index (κ1) is 16.3. The largest absolute Gasteiger partial charge is 0.497 e. The highest BCUT2D eigenvalue weighted by Crippen LogP contribution is 2.44. The van der Waals surface area contributed by atoms with E-state index in [1.54, 1.807) is 24.7 Å². The van der Waals surface area contributed by atoms with E-state index < -0.39 is 11.4 Å². The number of para-hydroxylation sites is 2. The molecule has 0 saturated carbocycles. The van der Waals surface area contributed by atoms with Crippen LogP contribution in [0.1, 0.15) is 23.7 Å². The number of nitrogens with zero attached hydrogens (tertiary/aromatic N) is 2. The standard InChI is InChI=1S/C20H18N2O4/c1-20(11-17(23)26-3)14-10-12(25-2)8-9-13(14)18-21-15-6-4-5-7-16(15)22(18)19(20)24/h4-10H,11H2,1-3H3. The zero-order chi connectivity index (χ0) is 18.5. The van der Waals surface area contributed by atoms with Gasteiger partial charge in [0.05, 0.1) is 37.1 Å². The Morgan fingerprint density at radius 3 is 2.69 bits per heavy atom. The second-order valence-electron chi connectivity index (χ2n) is 6.56. The number of rotatable bonds is 3. The van der Waals surface area contributed by atoms with Gasteiger partial charge in [-0.1, -0.05) is 12.1 Å². The Morgan fingerprint density at radius 2 is 1.96 bits per heavy atom. The van der Waals surface area contributed by atoms with Gasteiger partial charge < -0.3 is 9.47 Å². The van der Waals surface area contributed by atoms with Crippen LogP contribution in [0, 0.1) is 0 Å². The van der Waals surface area contributed by atoms with Gasteiger partial charge in [-0.2, -0.15) is 0 Å². The third-order valence-corrected chi connectivity index (χ3v) is 5.02. The molecule has 0 aliphatic carbocycles. The molecule has 0 fully saturated rings. The molecule has 1 aromatic heterocycles. The van der Waals surface area contributed by atoms with Crippen LogP contribution < -0.4 is 4.74 Å². The number of imidazole rings is 1. The lowest BCUT2D eigenvalue weighted by Gasteiger charge is -2.34. The van der Waals surface area contributed by atoms with E-state index in [-0.39, 0.29) is 12.3 Å². The van der Waals surface area contributed by atoms with E-state index >= 15 is 0 Å². The van der Waals surface area contributed by atoms with Crippen molar-refractivity contribution < 1.29 is 19.1 Å². The Morgan fingerprint density at radius 1 is 1.19 bits per heavy atom. The number of aromatic nitrogens is 2. The molecule has 6 nitrogen and oxygen atoms in total. The molecule has 1 atom stereocenters. The van der Waals surface area contributed by atoms with Gasteiger partial charge in [0, 0.05) is 5.56 Å². The smallest absolute Gasteiger partial charge is 0.306 e. The highest BCUT2D eigenvalue weighted by atomic mass is 16.5. The molecule has 6 heteroatoms. The SMILES string of the molecule is COC(=O)CC1(C)C(=O)n2c(nc3ccccc32)-c2ccc(OC)cc21. The number of ether oxygens (including phenoxy) is 2. The quantitative estimate of drug-likeness (QED) is 0.679. The van der Waals surface area contributed by atoms with E-state index in [9.17, 15) is 9.59 Å². The van der Waals surface area contributed by atoms with Crippen molar-refractivity contribution in [1.29, 1.82) is 0 Å². The Bertz CT molecular complexity index is 1050. The average Bonchev–Trinajstić information content (AvgIpc) is 3.05. The normalized spacial score (nSPS) is 18.3. The van der Waals surface area contributed by atoms with Gasteiger partial charge in [-0.25, -0.2) is 4.98 Å². The van der Waals surface area contributed by atoms with Gasteiger partial charge in [0.15, 0.2) is 0 Å². The summed E-state index contributed by atoms with van der Waals surface area (Å²) in [5, 5.41) is 0.